The summed E-state index contributed by atoms with van der Waals surface area (Å²) in [5, 5.41) is 13.0. The molecule has 2 N–H and O–H groups in total. The first-order valence-corrected chi connectivity index (χ1v) is 7.34. The van der Waals surface area contributed by atoms with E-state index >= 15 is 0 Å². The molecule has 2 unspecified atom stereocenters. The predicted octanol–water partition coefficient (Wildman–Crippen LogP) is 2.25. The van der Waals surface area contributed by atoms with Gasteiger partial charge in [-0.15, -0.1) is 0 Å². The van der Waals surface area contributed by atoms with E-state index in [1.807, 2.05) is 20.8 Å². The smallest absolute Gasteiger partial charge is 0.307 e. The minimum Gasteiger partial charge on any atom is -0.460 e. The predicted molar refractivity (Wildman–Crippen MR) is 75.9 cm³/mol. The summed E-state index contributed by atoms with van der Waals surface area (Å²) in [7, 11) is 0. The Morgan fingerprint density at radius 3 is 2.68 bits per heavy atom. The Bertz CT molecular complexity index is 298. The summed E-state index contributed by atoms with van der Waals surface area (Å²) in [4.78, 5) is 11.6. The van der Waals surface area contributed by atoms with E-state index in [1.165, 1.54) is 6.42 Å². The summed E-state index contributed by atoms with van der Waals surface area (Å²) < 4.78 is 5.27. The van der Waals surface area contributed by atoms with Crippen molar-refractivity contribution in [2.24, 2.45) is 5.92 Å². The van der Waals surface area contributed by atoms with E-state index < -0.39 is 5.60 Å². The summed E-state index contributed by atoms with van der Waals surface area (Å²) in [5.41, 5.74) is -0.620. The maximum atomic E-state index is 11.6. The molecular formula is C15H29NO3. The molecule has 1 rings (SSSR count). The third-order valence-electron chi connectivity index (χ3n) is 3.64. The Balaban J connectivity index is 2.36. The van der Waals surface area contributed by atoms with Gasteiger partial charge in [-0.1, -0.05) is 19.8 Å². The van der Waals surface area contributed by atoms with Crippen molar-refractivity contribution in [3.63, 3.8) is 0 Å². The average Bonchev–Trinajstić information content (AvgIpc) is 2.26. The lowest BCUT2D eigenvalue weighted by Gasteiger charge is -2.39. The Morgan fingerprint density at radius 1 is 1.47 bits per heavy atom. The van der Waals surface area contributed by atoms with Gasteiger partial charge in [0.25, 0.3) is 0 Å². The zero-order valence-electron chi connectivity index (χ0n) is 12.8. The summed E-state index contributed by atoms with van der Waals surface area (Å²) in [6.45, 7) is 8.55. The van der Waals surface area contributed by atoms with Gasteiger partial charge in [-0.05, 0) is 39.5 Å². The van der Waals surface area contributed by atoms with Crippen LogP contribution >= 0.6 is 0 Å². The third kappa shape index (κ3) is 5.91. The summed E-state index contributed by atoms with van der Waals surface area (Å²) in [6, 6.07) is 0. The Kier molecular flexibility index (Phi) is 5.81. The van der Waals surface area contributed by atoms with Crippen LogP contribution in [0.1, 0.15) is 59.8 Å². The first-order valence-electron chi connectivity index (χ1n) is 7.34. The molecule has 0 aromatic rings. The van der Waals surface area contributed by atoms with Crippen molar-refractivity contribution >= 4 is 5.97 Å². The highest BCUT2D eigenvalue weighted by Crippen LogP contribution is 2.31. The van der Waals surface area contributed by atoms with Crippen molar-refractivity contribution in [3.05, 3.63) is 0 Å². The molecule has 2 atom stereocenters. The van der Waals surface area contributed by atoms with Crippen LogP contribution in [0.3, 0.4) is 0 Å². The van der Waals surface area contributed by atoms with Crippen LogP contribution in [0.4, 0.5) is 0 Å². The fourth-order valence-corrected chi connectivity index (χ4v) is 2.84. The number of aliphatic hydroxyl groups excluding tert-OH is 1. The van der Waals surface area contributed by atoms with Crippen LogP contribution in [-0.4, -0.2) is 35.4 Å². The molecule has 0 radical (unpaired) electrons. The molecule has 0 aromatic heterocycles. The van der Waals surface area contributed by atoms with Gasteiger partial charge in [0.2, 0.25) is 0 Å². The van der Waals surface area contributed by atoms with Crippen molar-refractivity contribution in [2.45, 2.75) is 70.9 Å². The van der Waals surface area contributed by atoms with E-state index in [4.69, 9.17) is 4.74 Å². The van der Waals surface area contributed by atoms with Gasteiger partial charge in [-0.25, -0.2) is 0 Å². The highest BCUT2D eigenvalue weighted by Gasteiger charge is 2.33. The lowest BCUT2D eigenvalue weighted by molar-refractivity contribution is -0.154. The summed E-state index contributed by atoms with van der Waals surface area (Å²) >= 11 is 0. The number of nitrogens with one attached hydrogen (secondary N) is 1. The first-order chi connectivity index (χ1) is 8.76. The van der Waals surface area contributed by atoms with Gasteiger partial charge in [-0.2, -0.15) is 0 Å². The molecular weight excluding hydrogens is 242 g/mol. The second kappa shape index (κ2) is 6.71. The lowest BCUT2D eigenvalue weighted by atomic mass is 9.77. The number of hydrogen-bond acceptors (Lipinski definition) is 4. The molecule has 0 amide bonds. The first kappa shape index (κ1) is 16.4. The highest BCUT2D eigenvalue weighted by atomic mass is 16.6. The van der Waals surface area contributed by atoms with Crippen LogP contribution in [0.5, 0.6) is 0 Å². The van der Waals surface area contributed by atoms with Gasteiger partial charge in [0, 0.05) is 12.1 Å². The van der Waals surface area contributed by atoms with Crippen molar-refractivity contribution in [2.75, 3.05) is 13.2 Å². The molecule has 1 fully saturated rings. The number of carbonyl (C=O) groups excluding carboxylic acids is 1. The topological polar surface area (TPSA) is 58.6 Å². The number of carbonyl (C=O) groups is 1. The van der Waals surface area contributed by atoms with Gasteiger partial charge >= 0.3 is 5.97 Å². The van der Waals surface area contributed by atoms with E-state index in [2.05, 4.69) is 12.2 Å². The average molecular weight is 271 g/mol. The number of aliphatic hydroxyl groups is 1. The number of ether oxygens (including phenoxy) is 1. The largest absolute Gasteiger partial charge is 0.460 e. The lowest BCUT2D eigenvalue weighted by Crippen LogP contribution is -2.52. The van der Waals surface area contributed by atoms with Crippen molar-refractivity contribution in [1.82, 2.24) is 5.32 Å². The molecule has 0 bridgehead atoms. The normalized spacial score (nSPS) is 28.2. The maximum absolute atomic E-state index is 11.6. The molecule has 4 heteroatoms. The zero-order chi connectivity index (χ0) is 14.5. The molecule has 1 aliphatic carbocycles. The minimum atomic E-state index is -0.425. The standard InChI is InChI=1S/C15H29NO3/c1-12-6-5-8-15(10-12,11-17)16-9-7-13(18)19-14(2,3)4/h12,16-17H,5-11H2,1-4H3. The molecule has 0 aromatic carbocycles. The number of hydrogen-bond donors (Lipinski definition) is 2. The van der Waals surface area contributed by atoms with Crippen LogP contribution < -0.4 is 5.32 Å². The Hall–Kier alpha value is -0.610. The monoisotopic (exact) mass is 271 g/mol. The van der Waals surface area contributed by atoms with E-state index in [0.717, 1.165) is 19.3 Å². The van der Waals surface area contributed by atoms with E-state index in [9.17, 15) is 9.90 Å². The molecule has 112 valence electrons. The molecule has 0 saturated heterocycles. The number of esters is 1. The quantitative estimate of drug-likeness (QED) is 0.753. The van der Waals surface area contributed by atoms with Crippen LogP contribution in [0, 0.1) is 5.92 Å². The summed E-state index contributed by atoms with van der Waals surface area (Å²) in [5.74, 6) is 0.451. The third-order valence-corrected chi connectivity index (χ3v) is 3.64. The van der Waals surface area contributed by atoms with Crippen molar-refractivity contribution < 1.29 is 14.6 Å². The second-order valence-electron chi connectivity index (χ2n) is 6.90. The molecule has 19 heavy (non-hydrogen) atoms. The van der Waals surface area contributed by atoms with E-state index in [-0.39, 0.29) is 18.1 Å². The van der Waals surface area contributed by atoms with Gasteiger partial charge in [-0.3, -0.25) is 4.79 Å². The van der Waals surface area contributed by atoms with Gasteiger partial charge in [0.1, 0.15) is 5.60 Å². The minimum absolute atomic E-state index is 0.145. The van der Waals surface area contributed by atoms with Crippen LogP contribution in [-0.2, 0) is 9.53 Å². The SMILES string of the molecule is CC1CCCC(CO)(NCCC(=O)OC(C)(C)C)C1. The van der Waals surface area contributed by atoms with Crippen LogP contribution in [0.2, 0.25) is 0 Å². The highest BCUT2D eigenvalue weighted by molar-refractivity contribution is 5.70. The fourth-order valence-electron chi connectivity index (χ4n) is 2.84. The molecule has 1 aliphatic rings. The van der Waals surface area contributed by atoms with Gasteiger partial charge in [0.05, 0.1) is 13.0 Å². The van der Waals surface area contributed by atoms with E-state index in [1.54, 1.807) is 0 Å². The second-order valence-corrected chi connectivity index (χ2v) is 6.90. The maximum Gasteiger partial charge on any atom is 0.307 e. The van der Waals surface area contributed by atoms with Crippen LogP contribution in [0.25, 0.3) is 0 Å². The van der Waals surface area contributed by atoms with Crippen molar-refractivity contribution in [1.29, 1.82) is 0 Å². The van der Waals surface area contributed by atoms with Gasteiger partial charge < -0.3 is 15.2 Å². The molecule has 1 saturated carbocycles. The van der Waals surface area contributed by atoms with Crippen molar-refractivity contribution in [3.8, 4) is 0 Å². The fraction of sp³-hybridized carbons (Fsp3) is 0.933. The van der Waals surface area contributed by atoms with Crippen LogP contribution in [0.15, 0.2) is 0 Å². The van der Waals surface area contributed by atoms with Gasteiger partial charge in [0.15, 0.2) is 0 Å². The summed E-state index contributed by atoms with van der Waals surface area (Å²) in [6.07, 6.45) is 4.70. The molecule has 4 nitrogen and oxygen atoms in total. The zero-order valence-corrected chi connectivity index (χ0v) is 12.8. The number of rotatable bonds is 5. The van der Waals surface area contributed by atoms with E-state index in [0.29, 0.717) is 18.9 Å². The molecule has 0 heterocycles. The Morgan fingerprint density at radius 2 is 2.16 bits per heavy atom. The Labute approximate surface area is 116 Å². The molecule has 0 aliphatic heterocycles. The molecule has 0 spiro atoms.